The van der Waals surface area contributed by atoms with Crippen molar-refractivity contribution in [3.8, 4) is 5.75 Å². The average molecular weight is 492 g/mol. The van der Waals surface area contributed by atoms with E-state index in [0.29, 0.717) is 16.9 Å². The summed E-state index contributed by atoms with van der Waals surface area (Å²) >= 11 is 0. The third-order valence-electron chi connectivity index (χ3n) is 7.30. The molecule has 1 saturated carbocycles. The molecule has 0 N–H and O–H groups in total. The van der Waals surface area contributed by atoms with E-state index in [9.17, 15) is 29.3 Å². The molecule has 3 amide bonds. The highest BCUT2D eigenvalue weighted by atomic mass is 16.6. The Morgan fingerprint density at radius 3 is 2.22 bits per heavy atom. The highest BCUT2D eigenvalue weighted by molar-refractivity contribution is 6.22. The van der Waals surface area contributed by atoms with Crippen molar-refractivity contribution in [1.29, 1.82) is 0 Å². The van der Waals surface area contributed by atoms with Gasteiger partial charge in [-0.05, 0) is 55.7 Å². The van der Waals surface area contributed by atoms with Gasteiger partial charge in [-0.3, -0.25) is 29.3 Å². The fourth-order valence-corrected chi connectivity index (χ4v) is 5.41. The van der Waals surface area contributed by atoms with Gasteiger partial charge >= 0.3 is 5.97 Å². The minimum absolute atomic E-state index is 0.0353. The van der Waals surface area contributed by atoms with E-state index in [2.05, 4.69) is 0 Å². The molecule has 0 spiro atoms. The van der Waals surface area contributed by atoms with E-state index in [4.69, 9.17) is 4.74 Å². The van der Waals surface area contributed by atoms with Crippen LogP contribution in [0.2, 0.25) is 0 Å². The number of aryl methyl sites for hydroxylation is 1. The zero-order chi connectivity index (χ0) is 25.6. The number of amides is 3. The molecule has 36 heavy (non-hydrogen) atoms. The number of fused-ring (bicyclic) bond motifs is 1. The van der Waals surface area contributed by atoms with Crippen LogP contribution in [0.1, 0.15) is 37.7 Å². The number of esters is 1. The van der Waals surface area contributed by atoms with Crippen molar-refractivity contribution in [3.63, 3.8) is 0 Å². The first kappa shape index (κ1) is 23.7. The molecule has 2 saturated heterocycles. The minimum atomic E-state index is -0.697. The molecule has 2 aromatic carbocycles. The van der Waals surface area contributed by atoms with Crippen molar-refractivity contribution < 1.29 is 28.8 Å². The summed E-state index contributed by atoms with van der Waals surface area (Å²) in [4.78, 5) is 64.1. The number of benzene rings is 2. The number of nitrogens with zero attached hydrogens (tertiary/aromatic N) is 3. The maximum atomic E-state index is 12.9. The van der Waals surface area contributed by atoms with Crippen LogP contribution in [0.25, 0.3) is 0 Å². The van der Waals surface area contributed by atoms with E-state index >= 15 is 0 Å². The van der Waals surface area contributed by atoms with Crippen molar-refractivity contribution in [3.05, 3.63) is 58.1 Å². The van der Waals surface area contributed by atoms with Crippen LogP contribution in [0.4, 0.5) is 17.1 Å². The SMILES string of the molecule is Cc1cc(OC(=O)[C@@H]2CC(=O)N(c3ccc([N+](=O)[O-])cc3)C2)ccc1N1C(=O)[C@H]2CCCC[C@H]2C1=O. The lowest BCUT2D eigenvalue weighted by molar-refractivity contribution is -0.384. The second kappa shape index (κ2) is 9.18. The fourth-order valence-electron chi connectivity index (χ4n) is 5.41. The highest BCUT2D eigenvalue weighted by Crippen LogP contribution is 2.41. The molecule has 3 fully saturated rings. The number of ether oxygens (including phenoxy) is 1. The van der Waals surface area contributed by atoms with Gasteiger partial charge in [0.15, 0.2) is 0 Å². The van der Waals surface area contributed by atoms with Gasteiger partial charge < -0.3 is 9.64 Å². The lowest BCUT2D eigenvalue weighted by atomic mass is 9.81. The molecule has 2 aliphatic heterocycles. The summed E-state index contributed by atoms with van der Waals surface area (Å²) in [5, 5.41) is 10.9. The maximum absolute atomic E-state index is 12.9. The average Bonchev–Trinajstić information content (AvgIpc) is 3.37. The molecule has 3 aliphatic rings. The second-order valence-corrected chi connectivity index (χ2v) is 9.56. The van der Waals surface area contributed by atoms with Crippen LogP contribution in [0.3, 0.4) is 0 Å². The molecule has 10 nitrogen and oxygen atoms in total. The molecule has 2 aromatic rings. The van der Waals surface area contributed by atoms with E-state index in [1.54, 1.807) is 25.1 Å². The topological polar surface area (TPSA) is 127 Å². The fraction of sp³-hybridized carbons (Fsp3) is 0.385. The van der Waals surface area contributed by atoms with Gasteiger partial charge in [0, 0.05) is 30.8 Å². The summed E-state index contributed by atoms with van der Waals surface area (Å²) < 4.78 is 5.53. The van der Waals surface area contributed by atoms with E-state index in [0.717, 1.165) is 25.7 Å². The zero-order valence-electron chi connectivity index (χ0n) is 19.7. The molecule has 10 heteroatoms. The third-order valence-corrected chi connectivity index (χ3v) is 7.30. The first-order chi connectivity index (χ1) is 17.2. The summed E-state index contributed by atoms with van der Waals surface area (Å²) in [5.41, 5.74) is 1.52. The van der Waals surface area contributed by atoms with Gasteiger partial charge in [0.25, 0.3) is 5.69 Å². The molecular formula is C26H25N3O7. The summed E-state index contributed by atoms with van der Waals surface area (Å²) in [6.45, 7) is 1.86. The molecule has 0 aromatic heterocycles. The molecule has 1 aliphatic carbocycles. The summed E-state index contributed by atoms with van der Waals surface area (Å²) in [6, 6.07) is 10.3. The molecule has 0 bridgehead atoms. The van der Waals surface area contributed by atoms with E-state index in [1.165, 1.54) is 34.1 Å². The van der Waals surface area contributed by atoms with Gasteiger partial charge in [0.2, 0.25) is 17.7 Å². The largest absolute Gasteiger partial charge is 0.426 e. The number of rotatable bonds is 5. The number of nitro benzene ring substituents is 1. The van der Waals surface area contributed by atoms with Gasteiger partial charge in [-0.25, -0.2) is 4.90 Å². The van der Waals surface area contributed by atoms with E-state index < -0.39 is 16.8 Å². The van der Waals surface area contributed by atoms with Crippen molar-refractivity contribution in [2.75, 3.05) is 16.3 Å². The number of hydrogen-bond donors (Lipinski definition) is 0. The van der Waals surface area contributed by atoms with Crippen LogP contribution in [0.15, 0.2) is 42.5 Å². The molecule has 0 unspecified atom stereocenters. The number of carbonyl (C=O) groups is 4. The third kappa shape index (κ3) is 4.12. The molecule has 3 atom stereocenters. The first-order valence-corrected chi connectivity index (χ1v) is 12.0. The van der Waals surface area contributed by atoms with Gasteiger partial charge in [0.05, 0.1) is 28.4 Å². The monoisotopic (exact) mass is 491 g/mol. The second-order valence-electron chi connectivity index (χ2n) is 9.56. The van der Waals surface area contributed by atoms with Gasteiger partial charge in [-0.15, -0.1) is 0 Å². The van der Waals surface area contributed by atoms with Crippen molar-refractivity contribution in [2.24, 2.45) is 17.8 Å². The van der Waals surface area contributed by atoms with E-state index in [-0.39, 0.29) is 54.0 Å². The number of carbonyl (C=O) groups excluding carboxylic acids is 4. The zero-order valence-corrected chi connectivity index (χ0v) is 19.7. The maximum Gasteiger partial charge on any atom is 0.316 e. The quantitative estimate of drug-likeness (QED) is 0.206. The van der Waals surface area contributed by atoms with Gasteiger partial charge in [-0.2, -0.15) is 0 Å². The molecule has 186 valence electrons. The van der Waals surface area contributed by atoms with Crippen LogP contribution in [-0.4, -0.2) is 35.2 Å². The molecule has 2 heterocycles. The van der Waals surface area contributed by atoms with Crippen LogP contribution < -0.4 is 14.5 Å². The van der Waals surface area contributed by atoms with Gasteiger partial charge in [-0.1, -0.05) is 12.8 Å². The Morgan fingerprint density at radius 2 is 1.64 bits per heavy atom. The van der Waals surface area contributed by atoms with Crippen molar-refractivity contribution in [2.45, 2.75) is 39.0 Å². The highest BCUT2D eigenvalue weighted by Gasteiger charge is 2.49. The molecule has 5 rings (SSSR count). The number of hydrogen-bond acceptors (Lipinski definition) is 7. The van der Waals surface area contributed by atoms with Crippen LogP contribution in [-0.2, 0) is 19.2 Å². The minimum Gasteiger partial charge on any atom is -0.426 e. The lowest BCUT2D eigenvalue weighted by Gasteiger charge is -2.19. The Bertz CT molecular complexity index is 1250. The normalized spacial score (nSPS) is 23.7. The Balaban J connectivity index is 1.26. The summed E-state index contributed by atoms with van der Waals surface area (Å²) in [7, 11) is 0. The summed E-state index contributed by atoms with van der Waals surface area (Å²) in [6.07, 6.45) is 3.34. The number of imide groups is 1. The standard InChI is InChI=1S/C26H25N3O7/c1-15-12-19(10-11-22(15)28-24(31)20-4-2-3-5-21(20)25(28)32)36-26(33)16-13-23(30)27(14-16)17-6-8-18(9-7-17)29(34)35/h6-12,16,20-21H,2-5,13-14H2,1H3/t16-,20-,21+/m1/s1. The molecular weight excluding hydrogens is 466 g/mol. The predicted molar refractivity (Wildman–Crippen MR) is 128 cm³/mol. The van der Waals surface area contributed by atoms with Crippen molar-refractivity contribution >= 4 is 40.8 Å². The first-order valence-electron chi connectivity index (χ1n) is 12.0. The Morgan fingerprint density at radius 1 is 1.00 bits per heavy atom. The van der Waals surface area contributed by atoms with Crippen molar-refractivity contribution in [1.82, 2.24) is 0 Å². The number of non-ortho nitro benzene ring substituents is 1. The van der Waals surface area contributed by atoms with Gasteiger partial charge in [0.1, 0.15) is 5.75 Å². The predicted octanol–water partition coefficient (Wildman–Crippen LogP) is 3.54. The summed E-state index contributed by atoms with van der Waals surface area (Å²) in [5.74, 6) is -2.09. The Labute approximate surface area is 207 Å². The Kier molecular flexibility index (Phi) is 6.03. The number of nitro groups is 1. The van der Waals surface area contributed by atoms with E-state index in [1.807, 2.05) is 0 Å². The van der Waals surface area contributed by atoms with Crippen LogP contribution >= 0.6 is 0 Å². The van der Waals surface area contributed by atoms with Crippen LogP contribution in [0, 0.1) is 34.8 Å². The number of anilines is 2. The molecule has 0 radical (unpaired) electrons. The smallest absolute Gasteiger partial charge is 0.316 e. The van der Waals surface area contributed by atoms with Crippen LogP contribution in [0.5, 0.6) is 5.75 Å². The Hall–Kier alpha value is -4.08. The lowest BCUT2D eigenvalue weighted by Crippen LogP contribution is -2.31.